The van der Waals surface area contributed by atoms with Gasteiger partial charge in [0.05, 0.1) is 11.1 Å². The van der Waals surface area contributed by atoms with Crippen molar-refractivity contribution in [3.05, 3.63) is 28.0 Å². The van der Waals surface area contributed by atoms with Crippen molar-refractivity contribution in [1.82, 2.24) is 0 Å². The highest BCUT2D eigenvalue weighted by Gasteiger charge is 2.09. The first kappa shape index (κ1) is 9.44. The molecular formula is C7H7BrFNO2. The van der Waals surface area contributed by atoms with Crippen molar-refractivity contribution in [3.63, 3.8) is 0 Å². The van der Waals surface area contributed by atoms with Gasteiger partial charge in [0.15, 0.2) is 0 Å². The van der Waals surface area contributed by atoms with E-state index in [9.17, 15) is 4.39 Å². The number of hydrogen-bond acceptors (Lipinski definition) is 3. The molecule has 0 saturated carbocycles. The van der Waals surface area contributed by atoms with Gasteiger partial charge in [-0.3, -0.25) is 4.84 Å². The van der Waals surface area contributed by atoms with Gasteiger partial charge in [-0.25, -0.2) is 10.3 Å². The Kier molecular flexibility index (Phi) is 3.02. The summed E-state index contributed by atoms with van der Waals surface area (Å²) in [5.74, 6) is 4.07. The van der Waals surface area contributed by atoms with Gasteiger partial charge in [-0.05, 0) is 28.1 Å². The molecular weight excluding hydrogens is 229 g/mol. The summed E-state index contributed by atoms with van der Waals surface area (Å²) in [5, 5.41) is 9.03. The molecule has 66 valence electrons. The number of phenols is 1. The van der Waals surface area contributed by atoms with Crippen molar-refractivity contribution >= 4 is 15.9 Å². The third kappa shape index (κ3) is 1.74. The fourth-order valence-electron chi connectivity index (χ4n) is 0.781. The summed E-state index contributed by atoms with van der Waals surface area (Å²) < 4.78 is 13.1. The molecule has 0 aliphatic carbocycles. The third-order valence-electron chi connectivity index (χ3n) is 1.38. The van der Waals surface area contributed by atoms with Crippen LogP contribution in [0.15, 0.2) is 16.6 Å². The molecule has 0 radical (unpaired) electrons. The number of aromatic hydroxyl groups is 1. The van der Waals surface area contributed by atoms with Gasteiger partial charge < -0.3 is 5.11 Å². The second-order valence-electron chi connectivity index (χ2n) is 2.18. The molecule has 0 heterocycles. The predicted octanol–water partition coefficient (Wildman–Crippen LogP) is 1.68. The van der Waals surface area contributed by atoms with Crippen LogP contribution >= 0.6 is 15.9 Å². The molecule has 0 atom stereocenters. The van der Waals surface area contributed by atoms with Crippen LogP contribution in [0.25, 0.3) is 0 Å². The summed E-state index contributed by atoms with van der Waals surface area (Å²) in [7, 11) is 0. The lowest BCUT2D eigenvalue weighted by molar-refractivity contribution is 0.121. The Hall–Kier alpha value is -0.650. The number of phenolic OH excluding ortho intramolecular Hbond substituents is 1. The highest BCUT2D eigenvalue weighted by molar-refractivity contribution is 9.10. The van der Waals surface area contributed by atoms with Crippen molar-refractivity contribution in [2.45, 2.75) is 6.61 Å². The zero-order valence-corrected chi connectivity index (χ0v) is 7.64. The van der Waals surface area contributed by atoms with Crippen molar-refractivity contribution in [1.29, 1.82) is 0 Å². The number of nitrogens with two attached hydrogens (primary N) is 1. The molecule has 0 saturated heterocycles. The van der Waals surface area contributed by atoms with Crippen LogP contribution in [0.5, 0.6) is 5.75 Å². The van der Waals surface area contributed by atoms with Crippen LogP contribution in [0, 0.1) is 5.82 Å². The largest absolute Gasteiger partial charge is 0.507 e. The first-order chi connectivity index (χ1) is 5.66. The normalized spacial score (nSPS) is 10.2. The maximum atomic E-state index is 13.1. The van der Waals surface area contributed by atoms with E-state index in [1.165, 1.54) is 12.1 Å². The van der Waals surface area contributed by atoms with Crippen molar-refractivity contribution in [3.8, 4) is 5.75 Å². The summed E-state index contributed by atoms with van der Waals surface area (Å²) in [5.41, 5.74) is 0.294. The Morgan fingerprint density at radius 2 is 2.25 bits per heavy atom. The lowest BCUT2D eigenvalue weighted by Crippen LogP contribution is -2.01. The van der Waals surface area contributed by atoms with Gasteiger partial charge in [0, 0.05) is 5.56 Å². The van der Waals surface area contributed by atoms with E-state index in [1.807, 2.05) is 0 Å². The summed E-state index contributed by atoms with van der Waals surface area (Å²) in [6.07, 6.45) is 0. The molecule has 5 heteroatoms. The topological polar surface area (TPSA) is 55.5 Å². The molecule has 1 aromatic rings. The van der Waals surface area contributed by atoms with Crippen LogP contribution < -0.4 is 5.90 Å². The minimum Gasteiger partial charge on any atom is -0.507 e. The zero-order chi connectivity index (χ0) is 9.14. The van der Waals surface area contributed by atoms with Gasteiger partial charge in [0.25, 0.3) is 0 Å². The van der Waals surface area contributed by atoms with E-state index in [1.54, 1.807) is 0 Å². The summed E-state index contributed by atoms with van der Waals surface area (Å²) >= 11 is 2.88. The molecule has 0 fully saturated rings. The van der Waals surface area contributed by atoms with Gasteiger partial charge in [0.1, 0.15) is 11.6 Å². The molecule has 0 bridgehead atoms. The average Bonchev–Trinajstić information content (AvgIpc) is 2.07. The van der Waals surface area contributed by atoms with E-state index in [-0.39, 0.29) is 16.8 Å². The predicted molar refractivity (Wildman–Crippen MR) is 44.7 cm³/mol. The quantitative estimate of drug-likeness (QED) is 0.768. The Bertz CT molecular complexity index is 293. The molecule has 1 rings (SSSR count). The number of benzene rings is 1. The van der Waals surface area contributed by atoms with Gasteiger partial charge in [-0.15, -0.1) is 0 Å². The van der Waals surface area contributed by atoms with E-state index < -0.39 is 5.82 Å². The van der Waals surface area contributed by atoms with Crippen molar-refractivity contribution in [2.75, 3.05) is 0 Å². The molecule has 0 spiro atoms. The zero-order valence-electron chi connectivity index (χ0n) is 6.05. The maximum absolute atomic E-state index is 13.1. The van der Waals surface area contributed by atoms with Crippen LogP contribution in [0.1, 0.15) is 5.56 Å². The molecule has 0 aromatic heterocycles. The van der Waals surface area contributed by atoms with Crippen LogP contribution in [-0.2, 0) is 11.4 Å². The van der Waals surface area contributed by atoms with Crippen LogP contribution in [-0.4, -0.2) is 5.11 Å². The smallest absolute Gasteiger partial charge is 0.146 e. The fraction of sp³-hybridized carbons (Fsp3) is 0.143. The standard InChI is InChI=1S/C7H7BrFNO2/c8-6-5(11)2-1-4(3-12-10)7(6)9/h1-2,11H,3,10H2. The number of halogens is 2. The van der Waals surface area contributed by atoms with E-state index >= 15 is 0 Å². The highest BCUT2D eigenvalue weighted by atomic mass is 79.9. The fourth-order valence-corrected chi connectivity index (χ4v) is 1.17. The van der Waals surface area contributed by atoms with Crippen molar-refractivity contribution < 1.29 is 14.3 Å². The van der Waals surface area contributed by atoms with Gasteiger partial charge >= 0.3 is 0 Å². The monoisotopic (exact) mass is 235 g/mol. The lowest BCUT2D eigenvalue weighted by atomic mass is 10.2. The number of hydrogen-bond donors (Lipinski definition) is 2. The Morgan fingerprint density at radius 1 is 1.58 bits per heavy atom. The number of rotatable bonds is 2. The molecule has 1 aromatic carbocycles. The SMILES string of the molecule is NOCc1ccc(O)c(Br)c1F. The average molecular weight is 236 g/mol. The second-order valence-corrected chi connectivity index (χ2v) is 2.98. The molecule has 0 aliphatic heterocycles. The Morgan fingerprint density at radius 3 is 2.83 bits per heavy atom. The molecule has 0 amide bonds. The lowest BCUT2D eigenvalue weighted by Gasteiger charge is -2.03. The minimum absolute atomic E-state index is 0.0231. The van der Waals surface area contributed by atoms with Crippen LogP contribution in [0.4, 0.5) is 4.39 Å². The third-order valence-corrected chi connectivity index (χ3v) is 2.14. The summed E-state index contributed by atoms with van der Waals surface area (Å²) in [6, 6.07) is 2.77. The second kappa shape index (κ2) is 3.84. The summed E-state index contributed by atoms with van der Waals surface area (Å²) in [6.45, 7) is -0.0231. The maximum Gasteiger partial charge on any atom is 0.146 e. The Balaban J connectivity index is 3.08. The van der Waals surface area contributed by atoms with E-state index in [0.29, 0.717) is 5.56 Å². The van der Waals surface area contributed by atoms with E-state index in [0.717, 1.165) is 0 Å². The van der Waals surface area contributed by atoms with Gasteiger partial charge in [-0.2, -0.15) is 0 Å². The van der Waals surface area contributed by atoms with E-state index in [4.69, 9.17) is 11.0 Å². The Labute approximate surface area is 77.0 Å². The first-order valence-corrected chi connectivity index (χ1v) is 3.93. The van der Waals surface area contributed by atoms with Gasteiger partial charge in [-0.1, -0.05) is 0 Å². The first-order valence-electron chi connectivity index (χ1n) is 3.14. The van der Waals surface area contributed by atoms with Crippen LogP contribution in [0.2, 0.25) is 0 Å². The van der Waals surface area contributed by atoms with Crippen LogP contribution in [0.3, 0.4) is 0 Å². The van der Waals surface area contributed by atoms with Crippen molar-refractivity contribution in [2.24, 2.45) is 5.90 Å². The molecule has 0 aliphatic rings. The minimum atomic E-state index is -0.555. The summed E-state index contributed by atoms with van der Waals surface area (Å²) in [4.78, 5) is 4.26. The van der Waals surface area contributed by atoms with Gasteiger partial charge in [0.2, 0.25) is 0 Å². The molecule has 12 heavy (non-hydrogen) atoms. The molecule has 3 N–H and O–H groups in total. The molecule has 3 nitrogen and oxygen atoms in total. The van der Waals surface area contributed by atoms with E-state index in [2.05, 4.69) is 20.8 Å². The highest BCUT2D eigenvalue weighted by Crippen LogP contribution is 2.28. The molecule has 0 unspecified atom stereocenters.